The lowest BCUT2D eigenvalue weighted by Gasteiger charge is -2.18. The largest absolute Gasteiger partial charge is 0.310 e. The number of benzene rings is 2. The van der Waals surface area contributed by atoms with Gasteiger partial charge in [0.15, 0.2) is 0 Å². The van der Waals surface area contributed by atoms with Gasteiger partial charge in [-0.3, -0.25) is 0 Å². The fourth-order valence-corrected chi connectivity index (χ4v) is 2.09. The molecule has 0 bridgehead atoms. The summed E-state index contributed by atoms with van der Waals surface area (Å²) in [6.45, 7) is 3.15. The molecule has 0 aliphatic rings. The van der Waals surface area contributed by atoms with E-state index in [1.165, 1.54) is 11.1 Å². The Hall–Kier alpha value is -1.31. The predicted molar refractivity (Wildman–Crippen MR) is 80.3 cm³/mol. The standard InChI is InChI=1S/C16H19N.ClH/c1-2-17-16(15-11-7-4-8-12-15)13-14-9-5-3-6-10-14;/h3-12,16-17H,2,13H2,1H3;1H. The van der Waals surface area contributed by atoms with E-state index in [1.54, 1.807) is 0 Å². The van der Waals surface area contributed by atoms with Crippen molar-refractivity contribution in [2.45, 2.75) is 19.4 Å². The molecule has 96 valence electrons. The van der Waals surface area contributed by atoms with Crippen LogP contribution in [0.5, 0.6) is 0 Å². The number of rotatable bonds is 5. The lowest BCUT2D eigenvalue weighted by atomic mass is 9.99. The second kappa shape index (κ2) is 7.91. The van der Waals surface area contributed by atoms with Gasteiger partial charge >= 0.3 is 0 Å². The first-order chi connectivity index (χ1) is 8.40. The topological polar surface area (TPSA) is 12.0 Å². The zero-order chi connectivity index (χ0) is 11.9. The first kappa shape index (κ1) is 14.7. The van der Waals surface area contributed by atoms with E-state index in [9.17, 15) is 0 Å². The molecule has 0 heterocycles. The van der Waals surface area contributed by atoms with Crippen LogP contribution in [-0.4, -0.2) is 6.54 Å². The highest BCUT2D eigenvalue weighted by Crippen LogP contribution is 2.17. The molecule has 0 fully saturated rings. The van der Waals surface area contributed by atoms with Crippen molar-refractivity contribution in [1.29, 1.82) is 0 Å². The molecule has 2 heteroatoms. The van der Waals surface area contributed by atoms with Crippen LogP contribution in [0.25, 0.3) is 0 Å². The van der Waals surface area contributed by atoms with Crippen LogP contribution >= 0.6 is 12.4 Å². The molecule has 0 radical (unpaired) electrons. The number of hydrogen-bond acceptors (Lipinski definition) is 1. The third kappa shape index (κ3) is 4.17. The molecule has 1 nitrogen and oxygen atoms in total. The van der Waals surface area contributed by atoms with Gasteiger partial charge in [-0.2, -0.15) is 0 Å². The second-order valence-corrected chi connectivity index (χ2v) is 4.21. The van der Waals surface area contributed by atoms with Crippen LogP contribution in [0.3, 0.4) is 0 Å². The molecule has 0 aromatic heterocycles. The summed E-state index contributed by atoms with van der Waals surface area (Å²) in [5, 5.41) is 3.55. The molecule has 0 amide bonds. The molecule has 2 rings (SSSR count). The molecule has 0 spiro atoms. The highest BCUT2D eigenvalue weighted by Gasteiger charge is 2.09. The van der Waals surface area contributed by atoms with Crippen LogP contribution in [-0.2, 0) is 6.42 Å². The second-order valence-electron chi connectivity index (χ2n) is 4.21. The molecule has 0 saturated carbocycles. The zero-order valence-corrected chi connectivity index (χ0v) is 11.5. The van der Waals surface area contributed by atoms with Gasteiger partial charge in [0.05, 0.1) is 0 Å². The SMILES string of the molecule is CCNC(Cc1ccccc1)c1ccccc1.Cl. The van der Waals surface area contributed by atoms with Gasteiger partial charge in [-0.1, -0.05) is 67.6 Å². The summed E-state index contributed by atoms with van der Waals surface area (Å²) in [7, 11) is 0. The average Bonchev–Trinajstić information content (AvgIpc) is 2.40. The number of halogens is 1. The van der Waals surface area contributed by atoms with E-state index in [0.29, 0.717) is 6.04 Å². The molecule has 1 unspecified atom stereocenters. The van der Waals surface area contributed by atoms with Crippen LogP contribution in [0.1, 0.15) is 24.1 Å². The Morgan fingerprint density at radius 1 is 0.889 bits per heavy atom. The minimum atomic E-state index is 0. The van der Waals surface area contributed by atoms with Crippen LogP contribution in [0, 0.1) is 0 Å². The van der Waals surface area contributed by atoms with Crippen molar-refractivity contribution < 1.29 is 0 Å². The fourth-order valence-electron chi connectivity index (χ4n) is 2.09. The summed E-state index contributed by atoms with van der Waals surface area (Å²) in [6.07, 6.45) is 1.04. The minimum Gasteiger partial charge on any atom is -0.310 e. The zero-order valence-electron chi connectivity index (χ0n) is 10.7. The van der Waals surface area contributed by atoms with Crippen LogP contribution in [0.4, 0.5) is 0 Å². The van der Waals surface area contributed by atoms with Crippen LogP contribution in [0.2, 0.25) is 0 Å². The molecule has 18 heavy (non-hydrogen) atoms. The van der Waals surface area contributed by atoms with Gasteiger partial charge < -0.3 is 5.32 Å². The Morgan fingerprint density at radius 2 is 1.44 bits per heavy atom. The van der Waals surface area contributed by atoms with E-state index in [4.69, 9.17) is 0 Å². The normalized spacial score (nSPS) is 11.6. The van der Waals surface area contributed by atoms with Crippen molar-refractivity contribution in [2.24, 2.45) is 0 Å². The van der Waals surface area contributed by atoms with Crippen molar-refractivity contribution >= 4 is 12.4 Å². The molecule has 2 aromatic carbocycles. The fraction of sp³-hybridized carbons (Fsp3) is 0.250. The summed E-state index contributed by atoms with van der Waals surface area (Å²) < 4.78 is 0. The van der Waals surface area contributed by atoms with Crippen molar-refractivity contribution in [3.8, 4) is 0 Å². The van der Waals surface area contributed by atoms with Crippen molar-refractivity contribution in [3.05, 3.63) is 71.8 Å². The first-order valence-corrected chi connectivity index (χ1v) is 6.22. The quantitative estimate of drug-likeness (QED) is 0.858. The molecular formula is C16H20ClN. The van der Waals surface area contributed by atoms with E-state index in [2.05, 4.69) is 72.9 Å². The molecular weight excluding hydrogens is 242 g/mol. The molecule has 1 N–H and O–H groups in total. The van der Waals surface area contributed by atoms with Gasteiger partial charge in [0.2, 0.25) is 0 Å². The molecule has 2 aromatic rings. The predicted octanol–water partition coefficient (Wildman–Crippen LogP) is 4.00. The molecule has 0 aliphatic heterocycles. The smallest absolute Gasteiger partial charge is 0.0360 e. The number of nitrogens with one attached hydrogen (secondary N) is 1. The van der Waals surface area contributed by atoms with Gasteiger partial charge in [0.25, 0.3) is 0 Å². The third-order valence-corrected chi connectivity index (χ3v) is 2.94. The average molecular weight is 262 g/mol. The van der Waals surface area contributed by atoms with Crippen LogP contribution in [0.15, 0.2) is 60.7 Å². The number of hydrogen-bond donors (Lipinski definition) is 1. The first-order valence-electron chi connectivity index (χ1n) is 6.22. The van der Waals surface area contributed by atoms with E-state index in [1.807, 2.05) is 0 Å². The third-order valence-electron chi connectivity index (χ3n) is 2.94. The Bertz CT molecular complexity index is 427. The van der Waals surface area contributed by atoms with Crippen molar-refractivity contribution in [3.63, 3.8) is 0 Å². The minimum absolute atomic E-state index is 0. The van der Waals surface area contributed by atoms with Crippen LogP contribution < -0.4 is 5.32 Å². The maximum Gasteiger partial charge on any atom is 0.0360 e. The summed E-state index contributed by atoms with van der Waals surface area (Å²) in [6, 6.07) is 21.7. The van der Waals surface area contributed by atoms with Crippen molar-refractivity contribution in [2.75, 3.05) is 6.54 Å². The lowest BCUT2D eigenvalue weighted by molar-refractivity contribution is 0.550. The Morgan fingerprint density at radius 3 is 2.00 bits per heavy atom. The number of likely N-dealkylation sites (N-methyl/N-ethyl adjacent to an activating group) is 1. The summed E-state index contributed by atoms with van der Waals surface area (Å²) in [4.78, 5) is 0. The van der Waals surface area contributed by atoms with E-state index in [0.717, 1.165) is 13.0 Å². The Balaban J connectivity index is 0.00000162. The van der Waals surface area contributed by atoms with Gasteiger partial charge in [0.1, 0.15) is 0 Å². The Labute approximate surface area is 116 Å². The van der Waals surface area contributed by atoms with E-state index in [-0.39, 0.29) is 12.4 Å². The monoisotopic (exact) mass is 261 g/mol. The summed E-state index contributed by atoms with van der Waals surface area (Å²) in [5.41, 5.74) is 2.74. The van der Waals surface area contributed by atoms with Gasteiger partial charge in [-0.15, -0.1) is 12.4 Å². The van der Waals surface area contributed by atoms with Crippen molar-refractivity contribution in [1.82, 2.24) is 5.32 Å². The molecule has 1 atom stereocenters. The molecule has 0 saturated heterocycles. The summed E-state index contributed by atoms with van der Waals surface area (Å²) in [5.74, 6) is 0. The van der Waals surface area contributed by atoms with E-state index < -0.39 is 0 Å². The Kier molecular flexibility index (Phi) is 6.48. The highest BCUT2D eigenvalue weighted by molar-refractivity contribution is 5.85. The lowest BCUT2D eigenvalue weighted by Crippen LogP contribution is -2.22. The van der Waals surface area contributed by atoms with Gasteiger partial charge in [0, 0.05) is 6.04 Å². The summed E-state index contributed by atoms with van der Waals surface area (Å²) >= 11 is 0. The van der Waals surface area contributed by atoms with Gasteiger partial charge in [-0.25, -0.2) is 0 Å². The van der Waals surface area contributed by atoms with E-state index >= 15 is 0 Å². The highest BCUT2D eigenvalue weighted by atomic mass is 35.5. The molecule has 0 aliphatic carbocycles. The van der Waals surface area contributed by atoms with Gasteiger partial charge in [-0.05, 0) is 24.1 Å². The maximum absolute atomic E-state index is 3.55. The maximum atomic E-state index is 3.55.